The Morgan fingerprint density at radius 3 is 2.40 bits per heavy atom. The van der Waals surface area contributed by atoms with Gasteiger partial charge in [-0.25, -0.2) is 0 Å². The molecule has 106 valence electrons. The van der Waals surface area contributed by atoms with E-state index in [4.69, 9.17) is 11.6 Å². The molecule has 2 aromatic rings. The molecule has 0 aromatic heterocycles. The molecule has 2 nitrogen and oxygen atoms in total. The van der Waals surface area contributed by atoms with Crippen molar-refractivity contribution in [3.63, 3.8) is 0 Å². The minimum atomic E-state index is -2.85. The van der Waals surface area contributed by atoms with Crippen LogP contribution in [-0.2, 0) is 6.42 Å². The number of halogens is 3. The van der Waals surface area contributed by atoms with Gasteiger partial charge in [-0.05, 0) is 35.4 Å². The topological polar surface area (TPSA) is 29.5 Å². The van der Waals surface area contributed by atoms with E-state index in [1.807, 2.05) is 12.1 Å². The Hall–Kier alpha value is -1.65. The first-order valence-electron chi connectivity index (χ1n) is 6.02. The normalized spacial score (nSPS) is 12.4. The van der Waals surface area contributed by atoms with Gasteiger partial charge in [-0.3, -0.25) is 0 Å². The Balaban J connectivity index is 2.03. The van der Waals surface area contributed by atoms with Crippen molar-refractivity contribution in [2.75, 3.05) is 0 Å². The molecule has 0 aliphatic rings. The maximum atomic E-state index is 12.0. The molecule has 1 unspecified atom stereocenters. The molecule has 0 spiro atoms. The Morgan fingerprint density at radius 2 is 1.80 bits per heavy atom. The molecular weight excluding hydrogens is 286 g/mol. The molecule has 1 atom stereocenters. The van der Waals surface area contributed by atoms with Crippen LogP contribution in [0.25, 0.3) is 0 Å². The van der Waals surface area contributed by atoms with Crippen molar-refractivity contribution in [3.8, 4) is 5.75 Å². The van der Waals surface area contributed by atoms with E-state index in [0.717, 1.165) is 5.56 Å². The molecule has 0 amide bonds. The summed E-state index contributed by atoms with van der Waals surface area (Å²) in [5.74, 6) is 0.0682. The van der Waals surface area contributed by atoms with E-state index >= 15 is 0 Å². The lowest BCUT2D eigenvalue weighted by Gasteiger charge is -2.12. The second-order valence-electron chi connectivity index (χ2n) is 4.30. The number of aliphatic hydroxyl groups is 1. The van der Waals surface area contributed by atoms with Crippen LogP contribution in [0.15, 0.2) is 48.5 Å². The number of rotatable bonds is 5. The molecule has 0 bridgehead atoms. The molecule has 2 rings (SSSR count). The van der Waals surface area contributed by atoms with Crippen molar-refractivity contribution in [2.45, 2.75) is 19.1 Å². The number of aliphatic hydroxyl groups excluding tert-OH is 1. The summed E-state index contributed by atoms with van der Waals surface area (Å²) in [6.45, 7) is -2.85. The predicted molar refractivity (Wildman–Crippen MR) is 73.2 cm³/mol. The minimum absolute atomic E-state index is 0.0682. The highest BCUT2D eigenvalue weighted by atomic mass is 35.5. The highest BCUT2D eigenvalue weighted by Crippen LogP contribution is 2.23. The summed E-state index contributed by atoms with van der Waals surface area (Å²) in [7, 11) is 0. The molecule has 20 heavy (non-hydrogen) atoms. The quantitative estimate of drug-likeness (QED) is 0.895. The zero-order valence-corrected chi connectivity index (χ0v) is 11.2. The van der Waals surface area contributed by atoms with E-state index in [0.29, 0.717) is 17.0 Å². The van der Waals surface area contributed by atoms with Gasteiger partial charge < -0.3 is 9.84 Å². The smallest absolute Gasteiger partial charge is 0.387 e. The number of alkyl halides is 2. The summed E-state index contributed by atoms with van der Waals surface area (Å²) in [6, 6.07) is 13.1. The van der Waals surface area contributed by atoms with Crippen LogP contribution >= 0.6 is 11.6 Å². The van der Waals surface area contributed by atoms with Gasteiger partial charge >= 0.3 is 6.61 Å². The molecule has 0 aliphatic carbocycles. The van der Waals surface area contributed by atoms with E-state index < -0.39 is 12.7 Å². The fourth-order valence-corrected chi connectivity index (χ4v) is 2.09. The second kappa shape index (κ2) is 6.68. The van der Waals surface area contributed by atoms with Gasteiger partial charge in [0.25, 0.3) is 0 Å². The maximum absolute atomic E-state index is 12.0. The van der Waals surface area contributed by atoms with Gasteiger partial charge in [-0.1, -0.05) is 35.9 Å². The predicted octanol–water partition coefficient (Wildman–Crippen LogP) is 4.22. The highest BCUT2D eigenvalue weighted by Gasteiger charge is 2.10. The second-order valence-corrected chi connectivity index (χ2v) is 4.73. The zero-order chi connectivity index (χ0) is 14.5. The van der Waals surface area contributed by atoms with Crippen LogP contribution in [0.3, 0.4) is 0 Å². The lowest BCUT2D eigenvalue weighted by atomic mass is 10.0. The van der Waals surface area contributed by atoms with Gasteiger partial charge in [0.15, 0.2) is 0 Å². The first kappa shape index (κ1) is 14.8. The Morgan fingerprint density at radius 1 is 1.10 bits per heavy atom. The Labute approximate surface area is 120 Å². The highest BCUT2D eigenvalue weighted by molar-refractivity contribution is 6.30. The average molecular weight is 299 g/mol. The molecule has 2 aromatic carbocycles. The third-order valence-corrected chi connectivity index (χ3v) is 3.04. The van der Waals surface area contributed by atoms with Crippen LogP contribution in [0.5, 0.6) is 5.75 Å². The van der Waals surface area contributed by atoms with Crippen molar-refractivity contribution in [1.29, 1.82) is 0 Å². The fourth-order valence-electron chi connectivity index (χ4n) is 1.88. The summed E-state index contributed by atoms with van der Waals surface area (Å²) in [4.78, 5) is 0. The van der Waals surface area contributed by atoms with E-state index in [9.17, 15) is 13.9 Å². The standard InChI is InChI=1S/C15H13ClF2O2/c16-12-3-1-2-10(8-12)9-14(19)11-4-6-13(7-5-11)20-15(17)18/h1-8,14-15,19H,9H2. The van der Waals surface area contributed by atoms with Crippen molar-refractivity contribution in [1.82, 2.24) is 0 Å². The molecule has 0 saturated heterocycles. The Bertz CT molecular complexity index is 558. The van der Waals surface area contributed by atoms with Gasteiger partial charge in [0, 0.05) is 11.4 Å². The van der Waals surface area contributed by atoms with Crippen molar-refractivity contribution in [2.24, 2.45) is 0 Å². The molecular formula is C15H13ClF2O2. The van der Waals surface area contributed by atoms with Gasteiger partial charge in [0.05, 0.1) is 6.10 Å². The SMILES string of the molecule is OC(Cc1cccc(Cl)c1)c1ccc(OC(F)F)cc1. The fraction of sp³-hybridized carbons (Fsp3) is 0.200. The van der Waals surface area contributed by atoms with Crippen LogP contribution in [0.4, 0.5) is 8.78 Å². The molecule has 0 saturated carbocycles. The maximum Gasteiger partial charge on any atom is 0.387 e. The first-order valence-corrected chi connectivity index (χ1v) is 6.39. The third-order valence-electron chi connectivity index (χ3n) is 2.81. The van der Waals surface area contributed by atoms with Gasteiger partial charge in [0.2, 0.25) is 0 Å². The molecule has 5 heteroatoms. The largest absolute Gasteiger partial charge is 0.435 e. The molecule has 0 heterocycles. The summed E-state index contributed by atoms with van der Waals surface area (Å²) in [5, 5.41) is 10.7. The van der Waals surface area contributed by atoms with Gasteiger partial charge in [0.1, 0.15) is 5.75 Å². The van der Waals surface area contributed by atoms with Crippen LogP contribution < -0.4 is 4.74 Å². The molecule has 1 N–H and O–H groups in total. The van der Waals surface area contributed by atoms with Crippen LogP contribution in [0.1, 0.15) is 17.2 Å². The van der Waals surface area contributed by atoms with E-state index in [2.05, 4.69) is 4.74 Å². The van der Waals surface area contributed by atoms with Crippen LogP contribution in [0, 0.1) is 0 Å². The van der Waals surface area contributed by atoms with E-state index in [1.165, 1.54) is 12.1 Å². The van der Waals surface area contributed by atoms with Crippen molar-refractivity contribution < 1.29 is 18.6 Å². The van der Waals surface area contributed by atoms with Gasteiger partial charge in [-0.15, -0.1) is 0 Å². The van der Waals surface area contributed by atoms with Crippen LogP contribution in [0.2, 0.25) is 5.02 Å². The number of ether oxygens (including phenoxy) is 1. The average Bonchev–Trinajstić information content (AvgIpc) is 2.38. The number of hydrogen-bond donors (Lipinski definition) is 1. The lowest BCUT2D eigenvalue weighted by Crippen LogP contribution is -2.04. The Kier molecular flexibility index (Phi) is 4.93. The monoisotopic (exact) mass is 298 g/mol. The third kappa shape index (κ3) is 4.18. The summed E-state index contributed by atoms with van der Waals surface area (Å²) >= 11 is 5.87. The van der Waals surface area contributed by atoms with E-state index in [-0.39, 0.29) is 5.75 Å². The molecule has 0 fully saturated rings. The molecule has 0 radical (unpaired) electrons. The van der Waals surface area contributed by atoms with Crippen molar-refractivity contribution in [3.05, 3.63) is 64.7 Å². The van der Waals surface area contributed by atoms with Crippen LogP contribution in [-0.4, -0.2) is 11.7 Å². The summed E-state index contributed by atoms with van der Waals surface area (Å²) in [5.41, 5.74) is 1.53. The van der Waals surface area contributed by atoms with Crippen molar-refractivity contribution >= 4 is 11.6 Å². The minimum Gasteiger partial charge on any atom is -0.435 e. The zero-order valence-electron chi connectivity index (χ0n) is 10.5. The number of hydrogen-bond acceptors (Lipinski definition) is 2. The summed E-state index contributed by atoms with van der Waals surface area (Å²) in [6.07, 6.45) is -0.329. The van der Waals surface area contributed by atoms with Gasteiger partial charge in [-0.2, -0.15) is 8.78 Å². The summed E-state index contributed by atoms with van der Waals surface area (Å²) < 4.78 is 28.3. The first-order chi connectivity index (χ1) is 9.54. The lowest BCUT2D eigenvalue weighted by molar-refractivity contribution is -0.0498. The number of benzene rings is 2. The van der Waals surface area contributed by atoms with E-state index in [1.54, 1.807) is 24.3 Å². The molecule has 0 aliphatic heterocycles.